The molecule has 5 rings (SSSR count). The van der Waals surface area contributed by atoms with Gasteiger partial charge in [0.15, 0.2) is 5.36 Å². The molecule has 3 aromatic rings. The number of carbonyl (C=O) groups is 2. The van der Waals surface area contributed by atoms with Gasteiger partial charge < -0.3 is 0 Å². The number of anilines is 1. The second-order valence-electron chi connectivity index (χ2n) is 10.1. The second-order valence-corrected chi connectivity index (χ2v) is 10.1. The van der Waals surface area contributed by atoms with Crippen LogP contribution < -0.4 is 21.6 Å². The van der Waals surface area contributed by atoms with Gasteiger partial charge in [-0.25, -0.2) is 0 Å². The summed E-state index contributed by atoms with van der Waals surface area (Å²) in [5.74, 6) is -0.341. The van der Waals surface area contributed by atoms with Crippen LogP contribution in [0.1, 0.15) is 97.4 Å². The lowest BCUT2D eigenvalue weighted by molar-refractivity contribution is 0.0549. The lowest BCUT2D eigenvalue weighted by Gasteiger charge is -2.29. The standard InChI is InChI=1S/C29H31N3O4/c1-3-4-9-17(2)18-14-15-20-22(16-18)27(34)25(26(20)33)31-30-23-13-8-12-21-24(23)29(36)32(28(21)35)19-10-6-5-7-11-19/h8,12-17,19,30H,3-7,9-11H2,1-2H3. The fraction of sp³-hybridized carbons (Fsp3) is 0.414. The van der Waals surface area contributed by atoms with E-state index in [9.17, 15) is 19.2 Å². The molecule has 36 heavy (non-hydrogen) atoms. The number of carbonyl (C=O) groups excluding carboxylic acids is 2. The molecule has 7 heteroatoms. The van der Waals surface area contributed by atoms with E-state index in [1.165, 1.54) is 4.90 Å². The fourth-order valence-electron chi connectivity index (χ4n) is 5.57. The summed E-state index contributed by atoms with van der Waals surface area (Å²) >= 11 is 0. The molecular formula is C29H31N3O4. The second kappa shape index (κ2) is 9.80. The van der Waals surface area contributed by atoms with Crippen LogP contribution in [0, 0.1) is 0 Å². The van der Waals surface area contributed by atoms with Crippen molar-refractivity contribution in [2.24, 2.45) is 5.10 Å². The Hall–Kier alpha value is -3.61. The predicted octanol–water partition coefficient (Wildman–Crippen LogP) is 4.59. The molecule has 1 aliphatic heterocycles. The normalized spacial score (nSPS) is 17.7. The molecule has 0 saturated heterocycles. The Bertz CT molecular complexity index is 1490. The van der Waals surface area contributed by atoms with Crippen LogP contribution in [-0.2, 0) is 0 Å². The summed E-state index contributed by atoms with van der Waals surface area (Å²) in [6.45, 7) is 4.27. The summed E-state index contributed by atoms with van der Waals surface area (Å²) in [5, 5.41) is 4.66. The first-order chi connectivity index (χ1) is 17.4. The molecule has 2 aliphatic rings. The smallest absolute Gasteiger partial charge is 0.263 e. The molecule has 0 radical (unpaired) electrons. The Balaban J connectivity index is 1.48. The number of nitrogens with one attached hydrogen (secondary N) is 1. The molecule has 1 saturated carbocycles. The van der Waals surface area contributed by atoms with Crippen LogP contribution in [0.3, 0.4) is 0 Å². The molecule has 1 atom stereocenters. The van der Waals surface area contributed by atoms with Gasteiger partial charge in [-0.2, -0.15) is 5.10 Å². The molecule has 0 spiro atoms. The van der Waals surface area contributed by atoms with Crippen LogP contribution in [0.4, 0.5) is 5.69 Å². The van der Waals surface area contributed by atoms with Gasteiger partial charge in [-0.05, 0) is 55.0 Å². The van der Waals surface area contributed by atoms with E-state index < -0.39 is 10.9 Å². The van der Waals surface area contributed by atoms with Crippen LogP contribution in [0.15, 0.2) is 51.1 Å². The first-order valence-corrected chi connectivity index (χ1v) is 13.0. The topological polar surface area (TPSA) is 95.9 Å². The number of imide groups is 1. The quantitative estimate of drug-likeness (QED) is 0.390. The van der Waals surface area contributed by atoms with Crippen molar-refractivity contribution in [2.75, 3.05) is 5.43 Å². The van der Waals surface area contributed by atoms with Gasteiger partial charge in [0.2, 0.25) is 10.9 Å². The number of benzene rings is 2. The third-order valence-electron chi connectivity index (χ3n) is 7.70. The summed E-state index contributed by atoms with van der Waals surface area (Å²) < 4.78 is 0. The van der Waals surface area contributed by atoms with E-state index in [2.05, 4.69) is 24.4 Å². The molecule has 2 amide bonds. The maximum Gasteiger partial charge on any atom is 0.263 e. The van der Waals surface area contributed by atoms with Crippen molar-refractivity contribution in [3.05, 3.63) is 78.9 Å². The molecule has 0 aromatic heterocycles. The van der Waals surface area contributed by atoms with E-state index in [4.69, 9.17) is 0 Å². The molecule has 1 N–H and O–H groups in total. The lowest BCUT2D eigenvalue weighted by atomic mass is 9.94. The van der Waals surface area contributed by atoms with Crippen LogP contribution >= 0.6 is 0 Å². The SMILES string of the molecule is CCCCC(C)c1ccc2c(=O)c(=NNc3cccc4c3C(=O)N(C3CCCCC3)C4=O)c(=O)c2c1. The van der Waals surface area contributed by atoms with E-state index in [0.29, 0.717) is 27.9 Å². The molecule has 1 unspecified atom stereocenters. The Labute approximate surface area is 209 Å². The zero-order valence-corrected chi connectivity index (χ0v) is 20.8. The zero-order valence-electron chi connectivity index (χ0n) is 20.8. The van der Waals surface area contributed by atoms with Crippen molar-refractivity contribution in [1.29, 1.82) is 0 Å². The molecule has 7 nitrogen and oxygen atoms in total. The van der Waals surface area contributed by atoms with Gasteiger partial charge in [0.05, 0.1) is 16.8 Å². The lowest BCUT2D eigenvalue weighted by Crippen LogP contribution is -2.41. The minimum atomic E-state index is -0.436. The van der Waals surface area contributed by atoms with Gasteiger partial charge >= 0.3 is 0 Å². The van der Waals surface area contributed by atoms with Gasteiger partial charge in [-0.15, -0.1) is 0 Å². The number of nitrogens with zero attached hydrogens (tertiary/aromatic N) is 2. The van der Waals surface area contributed by atoms with Crippen molar-refractivity contribution in [2.45, 2.75) is 77.2 Å². The largest absolute Gasteiger partial charge is 0.287 e. The molecule has 3 aromatic carbocycles. The van der Waals surface area contributed by atoms with E-state index in [-0.39, 0.29) is 28.8 Å². The van der Waals surface area contributed by atoms with Crippen molar-refractivity contribution in [3.63, 3.8) is 0 Å². The average molecular weight is 486 g/mol. The van der Waals surface area contributed by atoms with Crippen molar-refractivity contribution < 1.29 is 9.59 Å². The molecule has 1 heterocycles. The van der Waals surface area contributed by atoms with Crippen LogP contribution in [0.2, 0.25) is 0 Å². The number of hydrogen-bond donors (Lipinski definition) is 1. The number of hydrogen-bond acceptors (Lipinski definition) is 6. The summed E-state index contributed by atoms with van der Waals surface area (Å²) in [5.41, 5.74) is 3.84. The van der Waals surface area contributed by atoms with Gasteiger partial charge in [-0.3, -0.25) is 29.5 Å². The third-order valence-corrected chi connectivity index (χ3v) is 7.70. The van der Waals surface area contributed by atoms with Gasteiger partial charge in [-0.1, -0.05) is 58.1 Å². The highest BCUT2D eigenvalue weighted by Crippen LogP contribution is 2.34. The summed E-state index contributed by atoms with van der Waals surface area (Å²) in [7, 11) is 0. The number of fused-ring (bicyclic) bond motifs is 2. The third kappa shape index (κ3) is 4.06. The summed E-state index contributed by atoms with van der Waals surface area (Å²) in [4.78, 5) is 53.8. The minimum Gasteiger partial charge on any atom is -0.287 e. The number of rotatable bonds is 7. The molecule has 1 aliphatic carbocycles. The number of unbranched alkanes of at least 4 members (excludes halogenated alkanes) is 1. The van der Waals surface area contributed by atoms with E-state index >= 15 is 0 Å². The van der Waals surface area contributed by atoms with E-state index in [1.807, 2.05) is 12.1 Å². The Morgan fingerprint density at radius 3 is 2.47 bits per heavy atom. The molecular weight excluding hydrogens is 454 g/mol. The van der Waals surface area contributed by atoms with Crippen LogP contribution in [0.25, 0.3) is 10.8 Å². The highest BCUT2D eigenvalue weighted by Gasteiger charge is 2.41. The average Bonchev–Trinajstić information content (AvgIpc) is 3.30. The fourth-order valence-corrected chi connectivity index (χ4v) is 5.57. The van der Waals surface area contributed by atoms with Gasteiger partial charge in [0, 0.05) is 16.8 Å². The Kier molecular flexibility index (Phi) is 6.56. The van der Waals surface area contributed by atoms with Gasteiger partial charge in [0.1, 0.15) is 0 Å². The highest BCUT2D eigenvalue weighted by atomic mass is 16.2. The first-order valence-electron chi connectivity index (χ1n) is 13.0. The molecule has 186 valence electrons. The van der Waals surface area contributed by atoms with Gasteiger partial charge in [0.25, 0.3) is 11.8 Å². The maximum atomic E-state index is 13.3. The minimum absolute atomic E-state index is 0.0910. The van der Waals surface area contributed by atoms with Crippen LogP contribution in [0.5, 0.6) is 0 Å². The predicted molar refractivity (Wildman–Crippen MR) is 140 cm³/mol. The first kappa shape index (κ1) is 24.1. The Morgan fingerprint density at radius 1 is 0.972 bits per heavy atom. The zero-order chi connectivity index (χ0) is 25.4. The maximum absolute atomic E-state index is 13.3. The highest BCUT2D eigenvalue weighted by molar-refractivity contribution is 6.24. The van der Waals surface area contributed by atoms with E-state index in [1.54, 1.807) is 24.3 Å². The summed E-state index contributed by atoms with van der Waals surface area (Å²) in [6, 6.07) is 10.3. The van der Waals surface area contributed by atoms with Crippen molar-refractivity contribution in [1.82, 2.24) is 4.90 Å². The molecule has 1 fully saturated rings. The molecule has 0 bridgehead atoms. The Morgan fingerprint density at radius 2 is 1.72 bits per heavy atom. The summed E-state index contributed by atoms with van der Waals surface area (Å²) in [6.07, 6.45) is 7.97. The monoisotopic (exact) mass is 485 g/mol. The van der Waals surface area contributed by atoms with Crippen LogP contribution in [-0.4, -0.2) is 22.8 Å². The number of amides is 2. The van der Waals surface area contributed by atoms with E-state index in [0.717, 1.165) is 56.9 Å². The van der Waals surface area contributed by atoms with Crippen molar-refractivity contribution in [3.8, 4) is 0 Å². The van der Waals surface area contributed by atoms with Crippen molar-refractivity contribution >= 4 is 28.3 Å².